The molecule has 0 fully saturated rings. The van der Waals surface area contributed by atoms with Crippen LogP contribution in [-0.2, 0) is 4.79 Å². The summed E-state index contributed by atoms with van der Waals surface area (Å²) in [5, 5.41) is 2.96. The standard InChI is InChI=1S/C11H18ClNO/c12-8-4-7-11(14)13-9-10-5-2-1-3-6-10/h1-2,10H,3-9H2,(H,13,14). The van der Waals surface area contributed by atoms with Gasteiger partial charge in [-0.3, -0.25) is 4.79 Å². The van der Waals surface area contributed by atoms with Gasteiger partial charge in [0.2, 0.25) is 5.91 Å². The molecule has 0 saturated heterocycles. The Morgan fingerprint density at radius 3 is 3.00 bits per heavy atom. The number of nitrogens with one attached hydrogen (secondary N) is 1. The SMILES string of the molecule is O=C(CCCCl)NCC1CC=CCC1. The third-order valence-electron chi connectivity index (χ3n) is 2.50. The van der Waals surface area contributed by atoms with Gasteiger partial charge in [-0.05, 0) is 31.6 Å². The van der Waals surface area contributed by atoms with Crippen LogP contribution in [0, 0.1) is 5.92 Å². The van der Waals surface area contributed by atoms with E-state index in [1.165, 1.54) is 6.42 Å². The highest BCUT2D eigenvalue weighted by molar-refractivity contribution is 6.17. The van der Waals surface area contributed by atoms with Crippen molar-refractivity contribution in [2.24, 2.45) is 5.92 Å². The molecule has 80 valence electrons. The van der Waals surface area contributed by atoms with Gasteiger partial charge in [-0.25, -0.2) is 0 Å². The summed E-state index contributed by atoms with van der Waals surface area (Å²) in [4.78, 5) is 11.3. The van der Waals surface area contributed by atoms with Crippen molar-refractivity contribution < 1.29 is 4.79 Å². The van der Waals surface area contributed by atoms with Crippen molar-refractivity contribution in [3.05, 3.63) is 12.2 Å². The summed E-state index contributed by atoms with van der Waals surface area (Å²) in [6.45, 7) is 0.825. The molecule has 14 heavy (non-hydrogen) atoms. The maximum atomic E-state index is 11.3. The smallest absolute Gasteiger partial charge is 0.220 e. The lowest BCUT2D eigenvalue weighted by atomic mass is 9.94. The van der Waals surface area contributed by atoms with Crippen molar-refractivity contribution in [1.29, 1.82) is 0 Å². The van der Waals surface area contributed by atoms with Crippen LogP contribution in [-0.4, -0.2) is 18.3 Å². The molecule has 0 heterocycles. The van der Waals surface area contributed by atoms with Crippen molar-refractivity contribution in [2.45, 2.75) is 32.1 Å². The summed E-state index contributed by atoms with van der Waals surface area (Å²) in [6.07, 6.45) is 9.22. The summed E-state index contributed by atoms with van der Waals surface area (Å²) in [5.41, 5.74) is 0. The molecule has 1 N–H and O–H groups in total. The molecule has 0 aromatic heterocycles. The first-order chi connectivity index (χ1) is 6.83. The number of allylic oxidation sites excluding steroid dienone is 2. The minimum absolute atomic E-state index is 0.139. The molecule has 1 unspecified atom stereocenters. The van der Waals surface area contributed by atoms with E-state index >= 15 is 0 Å². The van der Waals surface area contributed by atoms with Gasteiger partial charge in [0, 0.05) is 18.8 Å². The van der Waals surface area contributed by atoms with E-state index in [9.17, 15) is 4.79 Å². The molecule has 0 aromatic rings. The Bertz CT molecular complexity index is 203. The topological polar surface area (TPSA) is 29.1 Å². The van der Waals surface area contributed by atoms with Crippen molar-refractivity contribution in [3.63, 3.8) is 0 Å². The van der Waals surface area contributed by atoms with Gasteiger partial charge in [0.25, 0.3) is 0 Å². The van der Waals surface area contributed by atoms with Crippen LogP contribution in [0.4, 0.5) is 0 Å². The van der Waals surface area contributed by atoms with E-state index < -0.39 is 0 Å². The second-order valence-corrected chi connectivity index (χ2v) is 4.13. The molecule has 1 amide bonds. The van der Waals surface area contributed by atoms with Crippen LogP contribution in [0.3, 0.4) is 0 Å². The molecular weight excluding hydrogens is 198 g/mol. The van der Waals surface area contributed by atoms with E-state index in [4.69, 9.17) is 11.6 Å². The van der Waals surface area contributed by atoms with Crippen LogP contribution in [0.25, 0.3) is 0 Å². The molecule has 3 heteroatoms. The maximum Gasteiger partial charge on any atom is 0.220 e. The van der Waals surface area contributed by atoms with Crippen LogP contribution in [0.1, 0.15) is 32.1 Å². The van der Waals surface area contributed by atoms with E-state index in [1.807, 2.05) is 0 Å². The Morgan fingerprint density at radius 1 is 1.50 bits per heavy atom. The zero-order valence-corrected chi connectivity index (χ0v) is 9.22. The molecule has 0 bridgehead atoms. The number of rotatable bonds is 5. The molecule has 0 aliphatic heterocycles. The minimum atomic E-state index is 0.139. The van der Waals surface area contributed by atoms with Gasteiger partial charge < -0.3 is 5.32 Å². The molecule has 1 atom stereocenters. The van der Waals surface area contributed by atoms with E-state index in [0.29, 0.717) is 18.2 Å². The van der Waals surface area contributed by atoms with Crippen LogP contribution in [0.15, 0.2) is 12.2 Å². The van der Waals surface area contributed by atoms with Gasteiger partial charge in [-0.1, -0.05) is 12.2 Å². The van der Waals surface area contributed by atoms with Gasteiger partial charge in [0.05, 0.1) is 0 Å². The lowest BCUT2D eigenvalue weighted by Gasteiger charge is -2.17. The Labute approximate surface area is 90.7 Å². The molecular formula is C11H18ClNO. The van der Waals surface area contributed by atoms with Gasteiger partial charge >= 0.3 is 0 Å². The number of carbonyl (C=O) groups is 1. The van der Waals surface area contributed by atoms with Crippen molar-refractivity contribution in [1.82, 2.24) is 5.32 Å². The predicted molar refractivity (Wildman–Crippen MR) is 59.4 cm³/mol. The molecule has 0 saturated carbocycles. The first-order valence-corrected chi connectivity index (χ1v) is 5.84. The quantitative estimate of drug-likeness (QED) is 0.554. The minimum Gasteiger partial charge on any atom is -0.356 e. The number of carbonyl (C=O) groups excluding carboxylic acids is 1. The number of halogens is 1. The highest BCUT2D eigenvalue weighted by atomic mass is 35.5. The Morgan fingerprint density at radius 2 is 2.36 bits per heavy atom. The van der Waals surface area contributed by atoms with E-state index in [1.54, 1.807) is 0 Å². The molecule has 0 radical (unpaired) electrons. The highest BCUT2D eigenvalue weighted by Crippen LogP contribution is 2.16. The van der Waals surface area contributed by atoms with Gasteiger partial charge in [0.1, 0.15) is 0 Å². The number of hydrogen-bond donors (Lipinski definition) is 1. The molecule has 0 spiro atoms. The molecule has 2 nitrogen and oxygen atoms in total. The first-order valence-electron chi connectivity index (χ1n) is 5.30. The monoisotopic (exact) mass is 215 g/mol. The molecule has 1 aliphatic carbocycles. The number of amides is 1. The lowest BCUT2D eigenvalue weighted by molar-refractivity contribution is -0.121. The third-order valence-corrected chi connectivity index (χ3v) is 2.77. The zero-order valence-electron chi connectivity index (χ0n) is 8.47. The zero-order chi connectivity index (χ0) is 10.2. The predicted octanol–water partition coefficient (Wildman–Crippen LogP) is 2.48. The second-order valence-electron chi connectivity index (χ2n) is 3.75. The fraction of sp³-hybridized carbons (Fsp3) is 0.727. The fourth-order valence-electron chi connectivity index (χ4n) is 1.62. The third kappa shape index (κ3) is 4.66. The van der Waals surface area contributed by atoms with Gasteiger partial charge in [-0.15, -0.1) is 11.6 Å². The van der Waals surface area contributed by atoms with Crippen molar-refractivity contribution in [2.75, 3.05) is 12.4 Å². The lowest BCUT2D eigenvalue weighted by Crippen LogP contribution is -2.29. The molecule has 0 aromatic carbocycles. The van der Waals surface area contributed by atoms with E-state index in [2.05, 4.69) is 17.5 Å². The number of hydrogen-bond acceptors (Lipinski definition) is 1. The summed E-state index contributed by atoms with van der Waals surface area (Å²) < 4.78 is 0. The second kappa shape index (κ2) is 6.88. The van der Waals surface area contributed by atoms with Gasteiger partial charge in [0.15, 0.2) is 0 Å². The van der Waals surface area contributed by atoms with Crippen molar-refractivity contribution >= 4 is 17.5 Å². The van der Waals surface area contributed by atoms with Crippen molar-refractivity contribution in [3.8, 4) is 0 Å². The average molecular weight is 216 g/mol. The van der Waals surface area contributed by atoms with Crippen LogP contribution < -0.4 is 5.32 Å². The van der Waals surface area contributed by atoms with Crippen LogP contribution in [0.5, 0.6) is 0 Å². The summed E-state index contributed by atoms with van der Waals surface area (Å²) in [7, 11) is 0. The van der Waals surface area contributed by atoms with Crippen LogP contribution in [0.2, 0.25) is 0 Å². The summed E-state index contributed by atoms with van der Waals surface area (Å²) in [6, 6.07) is 0. The fourth-order valence-corrected chi connectivity index (χ4v) is 1.75. The average Bonchev–Trinajstić information content (AvgIpc) is 2.25. The number of alkyl halides is 1. The van der Waals surface area contributed by atoms with Gasteiger partial charge in [-0.2, -0.15) is 0 Å². The summed E-state index contributed by atoms with van der Waals surface area (Å²) >= 11 is 5.51. The van der Waals surface area contributed by atoms with E-state index in [0.717, 1.165) is 25.8 Å². The van der Waals surface area contributed by atoms with Crippen LogP contribution >= 0.6 is 11.6 Å². The van der Waals surface area contributed by atoms with E-state index in [-0.39, 0.29) is 5.91 Å². The normalized spacial score (nSPS) is 20.8. The molecule has 1 aliphatic rings. The largest absolute Gasteiger partial charge is 0.356 e. The summed E-state index contributed by atoms with van der Waals surface area (Å²) in [5.74, 6) is 1.35. The maximum absolute atomic E-state index is 11.3. The Hall–Kier alpha value is -0.500. The first kappa shape index (κ1) is 11.6. The Kier molecular flexibility index (Phi) is 5.69. The highest BCUT2D eigenvalue weighted by Gasteiger charge is 2.10. The molecule has 1 rings (SSSR count). The Balaban J connectivity index is 2.07.